The maximum Gasteiger partial charge on any atom is 0.329 e. The molecule has 0 unspecified atom stereocenters. The highest BCUT2D eigenvalue weighted by Crippen LogP contribution is 2.11. The van der Waals surface area contributed by atoms with Crippen LogP contribution in [0.15, 0.2) is 30.3 Å². The molecular weight excluding hydrogens is 300 g/mol. The fourth-order valence-corrected chi connectivity index (χ4v) is 2.40. The van der Waals surface area contributed by atoms with Crippen LogP contribution >= 0.6 is 0 Å². The molecule has 1 heterocycles. The number of carbonyl (C=O) groups is 2. The molecule has 1 aromatic carbocycles. The third-order valence-electron chi connectivity index (χ3n) is 3.58. The van der Waals surface area contributed by atoms with Gasteiger partial charge in [0.05, 0.1) is 12.6 Å². The second kappa shape index (κ2) is 9.12. The smallest absolute Gasteiger partial charge is 0.329 e. The van der Waals surface area contributed by atoms with E-state index in [0.717, 1.165) is 12.0 Å². The minimum absolute atomic E-state index is 0.250. The number of ether oxygens (including phenoxy) is 2. The van der Waals surface area contributed by atoms with E-state index in [2.05, 4.69) is 10.6 Å². The van der Waals surface area contributed by atoms with Crippen LogP contribution in [0.5, 0.6) is 0 Å². The van der Waals surface area contributed by atoms with E-state index in [4.69, 9.17) is 14.6 Å². The molecule has 0 radical (unpaired) electrons. The number of carboxylic acids is 1. The molecule has 126 valence electrons. The quantitative estimate of drug-likeness (QED) is 0.689. The molecule has 1 aliphatic heterocycles. The molecule has 2 atom stereocenters. The second-order valence-corrected chi connectivity index (χ2v) is 5.35. The first-order valence-corrected chi connectivity index (χ1v) is 7.64. The highest BCUT2D eigenvalue weighted by Gasteiger charge is 2.28. The summed E-state index contributed by atoms with van der Waals surface area (Å²) in [6.45, 7) is 0.922. The van der Waals surface area contributed by atoms with Gasteiger partial charge >= 0.3 is 12.0 Å². The molecule has 7 heteroatoms. The average molecular weight is 322 g/mol. The molecule has 0 aromatic heterocycles. The Labute approximate surface area is 135 Å². The maximum atomic E-state index is 12.0. The molecule has 2 rings (SSSR count). The fourth-order valence-electron chi connectivity index (χ4n) is 2.40. The van der Waals surface area contributed by atoms with Crippen molar-refractivity contribution in [1.82, 2.24) is 10.6 Å². The van der Waals surface area contributed by atoms with E-state index in [1.54, 1.807) is 0 Å². The zero-order chi connectivity index (χ0) is 16.5. The van der Waals surface area contributed by atoms with E-state index in [0.29, 0.717) is 19.6 Å². The molecule has 0 aliphatic carbocycles. The van der Waals surface area contributed by atoms with Gasteiger partial charge in [0.1, 0.15) is 12.7 Å². The number of hydrogen-bond donors (Lipinski definition) is 3. The van der Waals surface area contributed by atoms with Crippen LogP contribution in [-0.4, -0.2) is 55.6 Å². The number of urea groups is 1. The number of nitrogens with one attached hydrogen (secondary N) is 2. The Hall–Kier alpha value is -2.12. The molecular formula is C16H22N2O5. The first-order valence-electron chi connectivity index (χ1n) is 7.64. The predicted molar refractivity (Wildman–Crippen MR) is 83.3 cm³/mol. The summed E-state index contributed by atoms with van der Waals surface area (Å²) in [4.78, 5) is 22.5. The molecule has 1 fully saturated rings. The summed E-state index contributed by atoms with van der Waals surface area (Å²) in [6, 6.07) is 9.36. The average Bonchev–Trinajstić information content (AvgIpc) is 2.55. The number of carboxylic acid groups (broad SMARTS) is 1. The van der Waals surface area contributed by atoms with E-state index >= 15 is 0 Å². The summed E-state index contributed by atoms with van der Waals surface area (Å²) in [5.41, 5.74) is 1.15. The van der Waals surface area contributed by atoms with E-state index < -0.39 is 18.7 Å². The van der Waals surface area contributed by atoms with Crippen LogP contribution in [0.1, 0.15) is 12.0 Å². The molecule has 1 aromatic rings. The van der Waals surface area contributed by atoms with Crippen molar-refractivity contribution in [3.05, 3.63) is 35.9 Å². The number of amides is 2. The standard InChI is InChI=1S/C16H22N2O5/c19-15(20)11-23-14-10-22-9-7-13(14)18-16(21)17-8-6-12-4-2-1-3-5-12/h1-5,13-14H,6-11H2,(H,19,20)(H2,17,18,21)/t13-,14-/m1/s1. The Morgan fingerprint density at radius 3 is 2.83 bits per heavy atom. The van der Waals surface area contributed by atoms with Crippen molar-refractivity contribution < 1.29 is 24.2 Å². The van der Waals surface area contributed by atoms with Gasteiger partial charge < -0.3 is 25.2 Å². The van der Waals surface area contributed by atoms with Crippen LogP contribution in [0.25, 0.3) is 0 Å². The van der Waals surface area contributed by atoms with Crippen LogP contribution < -0.4 is 10.6 Å². The lowest BCUT2D eigenvalue weighted by atomic mass is 10.1. The monoisotopic (exact) mass is 322 g/mol. The summed E-state index contributed by atoms with van der Waals surface area (Å²) >= 11 is 0. The molecule has 7 nitrogen and oxygen atoms in total. The normalized spacial score (nSPS) is 20.7. The maximum absolute atomic E-state index is 12.0. The van der Waals surface area contributed by atoms with Crippen LogP contribution in [0.4, 0.5) is 4.79 Å². The van der Waals surface area contributed by atoms with Gasteiger partial charge in [-0.1, -0.05) is 30.3 Å². The SMILES string of the molecule is O=C(O)CO[C@@H]1COCC[C@H]1NC(=O)NCCc1ccccc1. The Bertz CT molecular complexity index is 508. The van der Waals surface area contributed by atoms with E-state index in [9.17, 15) is 9.59 Å². The molecule has 3 N–H and O–H groups in total. The van der Waals surface area contributed by atoms with Crippen LogP contribution in [0, 0.1) is 0 Å². The molecule has 1 aliphatic rings. The van der Waals surface area contributed by atoms with Crippen molar-refractivity contribution >= 4 is 12.0 Å². The van der Waals surface area contributed by atoms with Gasteiger partial charge in [-0.2, -0.15) is 0 Å². The zero-order valence-corrected chi connectivity index (χ0v) is 12.9. The van der Waals surface area contributed by atoms with Gasteiger partial charge in [-0.05, 0) is 18.4 Å². The van der Waals surface area contributed by atoms with Crippen molar-refractivity contribution in [3.63, 3.8) is 0 Å². The highest BCUT2D eigenvalue weighted by atomic mass is 16.5. The number of hydrogen-bond acceptors (Lipinski definition) is 4. The number of carbonyl (C=O) groups excluding carboxylic acids is 1. The van der Waals surface area contributed by atoms with Crippen molar-refractivity contribution in [2.24, 2.45) is 0 Å². The lowest BCUT2D eigenvalue weighted by Crippen LogP contribution is -2.53. The Balaban J connectivity index is 1.72. The summed E-state index contributed by atoms with van der Waals surface area (Å²) < 4.78 is 10.5. The van der Waals surface area contributed by atoms with E-state index in [1.165, 1.54) is 0 Å². The topological polar surface area (TPSA) is 96.9 Å². The first-order chi connectivity index (χ1) is 11.1. The number of benzene rings is 1. The fraction of sp³-hybridized carbons (Fsp3) is 0.500. The molecule has 23 heavy (non-hydrogen) atoms. The van der Waals surface area contributed by atoms with Gasteiger partial charge in [0, 0.05) is 13.2 Å². The zero-order valence-electron chi connectivity index (χ0n) is 12.9. The van der Waals surface area contributed by atoms with E-state index in [1.807, 2.05) is 30.3 Å². The Morgan fingerprint density at radius 1 is 1.30 bits per heavy atom. The Morgan fingerprint density at radius 2 is 2.09 bits per heavy atom. The first kappa shape index (κ1) is 17.2. The summed E-state index contributed by atoms with van der Waals surface area (Å²) in [5, 5.41) is 14.3. The molecule has 0 saturated carbocycles. The second-order valence-electron chi connectivity index (χ2n) is 5.35. The predicted octanol–water partition coefficient (Wildman–Crippen LogP) is 0.787. The summed E-state index contributed by atoms with van der Waals surface area (Å²) in [5.74, 6) is -1.04. The third kappa shape index (κ3) is 6.25. The third-order valence-corrected chi connectivity index (χ3v) is 3.58. The lowest BCUT2D eigenvalue weighted by molar-refractivity contribution is -0.148. The summed E-state index contributed by atoms with van der Waals surface area (Å²) in [6.07, 6.45) is 0.900. The minimum Gasteiger partial charge on any atom is -0.480 e. The van der Waals surface area contributed by atoms with Gasteiger partial charge in [0.15, 0.2) is 0 Å². The number of aliphatic carboxylic acids is 1. The van der Waals surface area contributed by atoms with Crippen LogP contribution in [-0.2, 0) is 20.7 Å². The van der Waals surface area contributed by atoms with Crippen LogP contribution in [0.2, 0.25) is 0 Å². The van der Waals surface area contributed by atoms with Gasteiger partial charge in [-0.25, -0.2) is 9.59 Å². The molecule has 1 saturated heterocycles. The van der Waals surface area contributed by atoms with Gasteiger partial charge in [0.2, 0.25) is 0 Å². The van der Waals surface area contributed by atoms with E-state index in [-0.39, 0.29) is 18.7 Å². The molecule has 0 bridgehead atoms. The highest BCUT2D eigenvalue weighted by molar-refractivity contribution is 5.74. The Kier molecular flexibility index (Phi) is 6.83. The van der Waals surface area contributed by atoms with Gasteiger partial charge in [-0.15, -0.1) is 0 Å². The van der Waals surface area contributed by atoms with Gasteiger partial charge in [-0.3, -0.25) is 0 Å². The number of rotatable bonds is 7. The van der Waals surface area contributed by atoms with Crippen molar-refractivity contribution in [2.75, 3.05) is 26.4 Å². The van der Waals surface area contributed by atoms with Crippen molar-refractivity contribution in [1.29, 1.82) is 0 Å². The minimum atomic E-state index is -1.04. The van der Waals surface area contributed by atoms with Gasteiger partial charge in [0.25, 0.3) is 0 Å². The molecule has 2 amide bonds. The lowest BCUT2D eigenvalue weighted by Gasteiger charge is -2.31. The van der Waals surface area contributed by atoms with Crippen LogP contribution in [0.3, 0.4) is 0 Å². The largest absolute Gasteiger partial charge is 0.480 e. The van der Waals surface area contributed by atoms with Crippen molar-refractivity contribution in [3.8, 4) is 0 Å². The van der Waals surface area contributed by atoms with Crippen molar-refractivity contribution in [2.45, 2.75) is 25.0 Å². The summed E-state index contributed by atoms with van der Waals surface area (Å²) in [7, 11) is 0. The molecule has 0 spiro atoms.